The van der Waals surface area contributed by atoms with Gasteiger partial charge in [-0.1, -0.05) is 11.6 Å². The van der Waals surface area contributed by atoms with E-state index in [4.69, 9.17) is 17.3 Å². The number of rotatable bonds is 2. The zero-order valence-corrected chi connectivity index (χ0v) is 9.37. The summed E-state index contributed by atoms with van der Waals surface area (Å²) in [4.78, 5) is 3.78. The van der Waals surface area contributed by atoms with E-state index in [1.54, 1.807) is 0 Å². The standard InChI is InChI=1S/C8H10ClN3O2S/c9-6-1-2-8(11-3-6)15(13,14)12-4-7(10)5-12/h1-3,7H,4-5,10H2. The van der Waals surface area contributed by atoms with Gasteiger partial charge >= 0.3 is 0 Å². The molecule has 0 bridgehead atoms. The Morgan fingerprint density at radius 3 is 2.60 bits per heavy atom. The lowest BCUT2D eigenvalue weighted by molar-refractivity contribution is 0.265. The Balaban J connectivity index is 2.26. The maximum absolute atomic E-state index is 11.8. The highest BCUT2D eigenvalue weighted by Crippen LogP contribution is 2.19. The van der Waals surface area contributed by atoms with E-state index < -0.39 is 10.0 Å². The van der Waals surface area contributed by atoms with Gasteiger partial charge in [0.25, 0.3) is 10.0 Å². The number of hydrogen-bond donors (Lipinski definition) is 1. The Bertz CT molecular complexity index is 453. The summed E-state index contributed by atoms with van der Waals surface area (Å²) >= 11 is 5.62. The number of hydrogen-bond acceptors (Lipinski definition) is 4. The van der Waals surface area contributed by atoms with Crippen LogP contribution in [0.1, 0.15) is 0 Å². The molecule has 2 rings (SSSR count). The molecule has 1 fully saturated rings. The summed E-state index contributed by atoms with van der Waals surface area (Å²) in [5, 5.41) is 0.424. The molecule has 0 atom stereocenters. The molecule has 5 nitrogen and oxygen atoms in total. The summed E-state index contributed by atoms with van der Waals surface area (Å²) in [5.74, 6) is 0. The van der Waals surface area contributed by atoms with E-state index in [2.05, 4.69) is 4.98 Å². The molecule has 0 amide bonds. The molecule has 0 saturated carbocycles. The third-order valence-electron chi connectivity index (χ3n) is 2.18. The maximum Gasteiger partial charge on any atom is 0.260 e. The number of nitrogens with zero attached hydrogens (tertiary/aromatic N) is 2. The Kier molecular flexibility index (Phi) is 2.68. The van der Waals surface area contributed by atoms with E-state index in [1.807, 2.05) is 0 Å². The highest BCUT2D eigenvalue weighted by Gasteiger charge is 2.35. The van der Waals surface area contributed by atoms with Gasteiger partial charge in [0.05, 0.1) is 5.02 Å². The van der Waals surface area contributed by atoms with Crippen molar-refractivity contribution < 1.29 is 8.42 Å². The number of pyridine rings is 1. The fourth-order valence-electron chi connectivity index (χ4n) is 1.31. The summed E-state index contributed by atoms with van der Waals surface area (Å²) in [5.41, 5.74) is 5.52. The van der Waals surface area contributed by atoms with Crippen LogP contribution in [0, 0.1) is 0 Å². The summed E-state index contributed by atoms with van der Waals surface area (Å²) in [6, 6.07) is 2.83. The van der Waals surface area contributed by atoms with Crippen molar-refractivity contribution >= 4 is 21.6 Å². The van der Waals surface area contributed by atoms with Gasteiger partial charge in [-0.15, -0.1) is 0 Å². The van der Waals surface area contributed by atoms with E-state index in [9.17, 15) is 8.42 Å². The van der Waals surface area contributed by atoms with E-state index in [-0.39, 0.29) is 11.1 Å². The van der Waals surface area contributed by atoms with Crippen molar-refractivity contribution in [1.29, 1.82) is 0 Å². The molecular weight excluding hydrogens is 238 g/mol. The first-order chi connectivity index (χ1) is 7.00. The SMILES string of the molecule is NC1CN(S(=O)(=O)c2ccc(Cl)cn2)C1. The smallest absolute Gasteiger partial charge is 0.260 e. The van der Waals surface area contributed by atoms with Crippen molar-refractivity contribution in [2.75, 3.05) is 13.1 Å². The molecule has 82 valence electrons. The van der Waals surface area contributed by atoms with Crippen LogP contribution in [-0.2, 0) is 10.0 Å². The van der Waals surface area contributed by atoms with Gasteiger partial charge in [-0.2, -0.15) is 4.31 Å². The van der Waals surface area contributed by atoms with Crippen LogP contribution in [0.4, 0.5) is 0 Å². The van der Waals surface area contributed by atoms with Crippen LogP contribution >= 0.6 is 11.6 Å². The fraction of sp³-hybridized carbons (Fsp3) is 0.375. The number of sulfonamides is 1. The first-order valence-electron chi connectivity index (χ1n) is 4.37. The molecule has 0 unspecified atom stereocenters. The maximum atomic E-state index is 11.8. The summed E-state index contributed by atoms with van der Waals surface area (Å²) in [6.07, 6.45) is 1.31. The lowest BCUT2D eigenvalue weighted by atomic mass is 10.2. The second-order valence-corrected chi connectivity index (χ2v) is 5.72. The zero-order chi connectivity index (χ0) is 11.1. The minimum absolute atomic E-state index is 0.0128. The highest BCUT2D eigenvalue weighted by atomic mass is 35.5. The van der Waals surface area contributed by atoms with Gasteiger partial charge in [0.1, 0.15) is 0 Å². The average molecular weight is 248 g/mol. The van der Waals surface area contributed by atoms with E-state index in [1.165, 1.54) is 22.6 Å². The second kappa shape index (κ2) is 3.71. The lowest BCUT2D eigenvalue weighted by Gasteiger charge is -2.35. The normalized spacial score (nSPS) is 18.8. The van der Waals surface area contributed by atoms with Gasteiger partial charge in [0.2, 0.25) is 0 Å². The topological polar surface area (TPSA) is 76.3 Å². The molecular formula is C8H10ClN3O2S. The molecule has 0 radical (unpaired) electrons. The molecule has 2 N–H and O–H groups in total. The third kappa shape index (κ3) is 1.98. The molecule has 0 aromatic carbocycles. The Labute approximate surface area is 92.9 Å². The molecule has 1 aromatic rings. The van der Waals surface area contributed by atoms with Crippen LogP contribution in [0.3, 0.4) is 0 Å². The number of nitrogens with two attached hydrogens (primary N) is 1. The Morgan fingerprint density at radius 2 is 2.13 bits per heavy atom. The second-order valence-electron chi connectivity index (χ2n) is 3.40. The summed E-state index contributed by atoms with van der Waals surface area (Å²) in [7, 11) is -3.47. The third-order valence-corrected chi connectivity index (χ3v) is 4.15. The monoisotopic (exact) mass is 247 g/mol. The number of halogens is 1. The largest absolute Gasteiger partial charge is 0.325 e. The molecule has 2 heterocycles. The number of aromatic nitrogens is 1. The van der Waals surface area contributed by atoms with E-state index in [0.717, 1.165) is 0 Å². The van der Waals surface area contributed by atoms with Crippen molar-refractivity contribution in [2.45, 2.75) is 11.1 Å². The van der Waals surface area contributed by atoms with Crippen molar-refractivity contribution in [2.24, 2.45) is 5.73 Å². The van der Waals surface area contributed by atoms with Crippen molar-refractivity contribution in [3.63, 3.8) is 0 Å². The van der Waals surface area contributed by atoms with E-state index in [0.29, 0.717) is 18.1 Å². The Hall–Kier alpha value is -0.690. The van der Waals surface area contributed by atoms with E-state index >= 15 is 0 Å². The molecule has 1 aromatic heterocycles. The molecule has 1 aliphatic heterocycles. The van der Waals surface area contributed by atoms with Crippen molar-refractivity contribution in [3.8, 4) is 0 Å². The van der Waals surface area contributed by atoms with Gasteiger partial charge in [0.15, 0.2) is 5.03 Å². The van der Waals surface area contributed by atoms with Gasteiger partial charge in [-0.05, 0) is 12.1 Å². The predicted octanol–water partition coefficient (Wildman–Crippen LogP) is 0.0666. The van der Waals surface area contributed by atoms with Crippen LogP contribution in [-0.4, -0.2) is 36.8 Å². The van der Waals surface area contributed by atoms with Gasteiger partial charge in [-0.3, -0.25) is 0 Å². The van der Waals surface area contributed by atoms with Gasteiger partial charge in [0, 0.05) is 25.3 Å². The zero-order valence-electron chi connectivity index (χ0n) is 7.80. The lowest BCUT2D eigenvalue weighted by Crippen LogP contribution is -2.57. The predicted molar refractivity (Wildman–Crippen MR) is 56.0 cm³/mol. The highest BCUT2D eigenvalue weighted by molar-refractivity contribution is 7.89. The minimum atomic E-state index is -3.47. The van der Waals surface area contributed by atoms with Crippen LogP contribution in [0.15, 0.2) is 23.4 Å². The van der Waals surface area contributed by atoms with Crippen LogP contribution in [0.5, 0.6) is 0 Å². The quantitative estimate of drug-likeness (QED) is 0.802. The molecule has 1 aliphatic rings. The van der Waals surface area contributed by atoms with Gasteiger partial charge < -0.3 is 5.73 Å². The minimum Gasteiger partial charge on any atom is -0.325 e. The first kappa shape index (κ1) is 10.8. The molecule has 15 heavy (non-hydrogen) atoms. The summed E-state index contributed by atoms with van der Waals surface area (Å²) in [6.45, 7) is 0.708. The van der Waals surface area contributed by atoms with Crippen LogP contribution in [0.25, 0.3) is 0 Å². The Morgan fingerprint density at radius 1 is 1.47 bits per heavy atom. The average Bonchev–Trinajstić information content (AvgIpc) is 2.13. The molecule has 1 saturated heterocycles. The first-order valence-corrected chi connectivity index (χ1v) is 6.19. The van der Waals surface area contributed by atoms with Crippen LogP contribution in [0.2, 0.25) is 5.02 Å². The van der Waals surface area contributed by atoms with Crippen molar-refractivity contribution in [1.82, 2.24) is 9.29 Å². The summed E-state index contributed by atoms with van der Waals surface area (Å²) < 4.78 is 25.0. The van der Waals surface area contributed by atoms with Crippen molar-refractivity contribution in [3.05, 3.63) is 23.4 Å². The molecule has 0 spiro atoms. The molecule has 7 heteroatoms. The van der Waals surface area contributed by atoms with Gasteiger partial charge in [-0.25, -0.2) is 13.4 Å². The molecule has 0 aliphatic carbocycles. The van der Waals surface area contributed by atoms with Crippen LogP contribution < -0.4 is 5.73 Å². The fourth-order valence-corrected chi connectivity index (χ4v) is 2.89.